The Labute approximate surface area is 235 Å². The number of unbranched alkanes of at least 4 members (excludes halogenated alkanes) is 8. The summed E-state index contributed by atoms with van der Waals surface area (Å²) in [5.74, 6) is -0.131. The molecule has 0 saturated heterocycles. The molecule has 210 valence electrons. The van der Waals surface area contributed by atoms with Gasteiger partial charge in [0.15, 0.2) is 0 Å². The Bertz CT molecular complexity index is 924. The largest absolute Gasteiger partial charge is 0.463 e. The molecule has 0 spiro atoms. The van der Waals surface area contributed by atoms with Crippen LogP contribution in [0.25, 0.3) is 0 Å². The number of carbonyl (C=O) groups excluding carboxylic acids is 1. The SMILES string of the molecule is CCCCCCCCCCCC(=O)OCCOCCOC(c1ccccc1)(c1ccccc1)c1ccccc1. The van der Waals surface area contributed by atoms with Gasteiger partial charge in [-0.15, -0.1) is 0 Å². The topological polar surface area (TPSA) is 44.8 Å². The Morgan fingerprint density at radius 1 is 0.564 bits per heavy atom. The van der Waals surface area contributed by atoms with E-state index in [1.807, 2.05) is 54.6 Å². The van der Waals surface area contributed by atoms with E-state index in [1.54, 1.807) is 0 Å². The Balaban J connectivity index is 1.41. The smallest absolute Gasteiger partial charge is 0.305 e. The standard InChI is InChI=1S/C35H46O4/c1-2-3-4-5-6-7-8-9-19-26-34(36)38-29-27-37-28-30-39-35(31-20-13-10-14-21-31,32-22-15-11-16-23-32)33-24-17-12-18-25-33/h10-18,20-25H,2-9,19,26-30H2,1H3. The third kappa shape index (κ3) is 10.3. The van der Waals surface area contributed by atoms with E-state index in [0.29, 0.717) is 26.2 Å². The van der Waals surface area contributed by atoms with Crippen molar-refractivity contribution in [3.8, 4) is 0 Å². The van der Waals surface area contributed by atoms with Crippen LogP contribution in [-0.4, -0.2) is 32.4 Å². The van der Waals surface area contributed by atoms with E-state index in [0.717, 1.165) is 29.5 Å². The average Bonchev–Trinajstić information content (AvgIpc) is 2.99. The Hall–Kier alpha value is -2.95. The minimum absolute atomic E-state index is 0.131. The lowest BCUT2D eigenvalue weighted by atomic mass is 9.80. The van der Waals surface area contributed by atoms with Crippen LogP contribution in [0, 0.1) is 0 Å². The molecule has 0 aromatic heterocycles. The Morgan fingerprint density at radius 3 is 1.49 bits per heavy atom. The molecule has 0 radical (unpaired) electrons. The molecule has 3 aromatic rings. The van der Waals surface area contributed by atoms with Gasteiger partial charge in [-0.2, -0.15) is 0 Å². The second kappa shape index (κ2) is 18.4. The zero-order chi connectivity index (χ0) is 27.4. The average molecular weight is 531 g/mol. The minimum Gasteiger partial charge on any atom is -0.463 e. The van der Waals surface area contributed by atoms with E-state index in [-0.39, 0.29) is 12.6 Å². The van der Waals surface area contributed by atoms with E-state index in [4.69, 9.17) is 14.2 Å². The summed E-state index contributed by atoms with van der Waals surface area (Å²) in [5.41, 5.74) is 2.43. The summed E-state index contributed by atoms with van der Waals surface area (Å²) < 4.78 is 17.8. The van der Waals surface area contributed by atoms with Crippen molar-refractivity contribution in [3.05, 3.63) is 108 Å². The Morgan fingerprint density at radius 2 is 1.00 bits per heavy atom. The lowest BCUT2D eigenvalue weighted by molar-refractivity contribution is -0.145. The number of benzene rings is 3. The summed E-state index contributed by atoms with van der Waals surface area (Å²) in [6.45, 7) is 3.68. The number of carbonyl (C=O) groups is 1. The summed E-state index contributed by atoms with van der Waals surface area (Å²) >= 11 is 0. The van der Waals surface area contributed by atoms with E-state index in [9.17, 15) is 4.79 Å². The fraction of sp³-hybridized carbons (Fsp3) is 0.457. The van der Waals surface area contributed by atoms with Gasteiger partial charge in [0.2, 0.25) is 0 Å². The van der Waals surface area contributed by atoms with Crippen molar-refractivity contribution < 1.29 is 19.0 Å². The van der Waals surface area contributed by atoms with Gasteiger partial charge in [-0.3, -0.25) is 4.79 Å². The van der Waals surface area contributed by atoms with Gasteiger partial charge in [0, 0.05) is 6.42 Å². The van der Waals surface area contributed by atoms with Crippen molar-refractivity contribution in [2.45, 2.75) is 76.7 Å². The normalized spacial score (nSPS) is 11.4. The van der Waals surface area contributed by atoms with Crippen molar-refractivity contribution >= 4 is 5.97 Å². The maximum Gasteiger partial charge on any atom is 0.305 e. The molecule has 0 unspecified atom stereocenters. The first-order chi connectivity index (χ1) is 19.3. The molecule has 0 aliphatic heterocycles. The van der Waals surface area contributed by atoms with Crippen molar-refractivity contribution in [2.24, 2.45) is 0 Å². The highest BCUT2D eigenvalue weighted by molar-refractivity contribution is 5.69. The molecule has 0 aliphatic carbocycles. The van der Waals surface area contributed by atoms with Crippen molar-refractivity contribution in [1.29, 1.82) is 0 Å². The van der Waals surface area contributed by atoms with Gasteiger partial charge >= 0.3 is 5.97 Å². The van der Waals surface area contributed by atoms with E-state index >= 15 is 0 Å². The third-order valence-corrected chi connectivity index (χ3v) is 7.06. The summed E-state index contributed by atoms with van der Waals surface area (Å²) in [5, 5.41) is 0. The van der Waals surface area contributed by atoms with E-state index in [1.165, 1.54) is 44.9 Å². The molecular formula is C35H46O4. The molecule has 39 heavy (non-hydrogen) atoms. The van der Waals surface area contributed by atoms with Gasteiger partial charge in [-0.1, -0.05) is 149 Å². The summed E-state index contributed by atoms with van der Waals surface area (Å²) in [7, 11) is 0. The number of rotatable bonds is 20. The highest BCUT2D eigenvalue weighted by Crippen LogP contribution is 2.40. The molecular weight excluding hydrogens is 484 g/mol. The van der Waals surface area contributed by atoms with Crippen molar-refractivity contribution in [1.82, 2.24) is 0 Å². The highest BCUT2D eigenvalue weighted by atomic mass is 16.6. The van der Waals surface area contributed by atoms with E-state index < -0.39 is 5.60 Å². The van der Waals surface area contributed by atoms with Crippen LogP contribution in [0.4, 0.5) is 0 Å². The fourth-order valence-electron chi connectivity index (χ4n) is 4.99. The molecule has 0 fully saturated rings. The zero-order valence-corrected chi connectivity index (χ0v) is 23.7. The maximum absolute atomic E-state index is 12.0. The van der Waals surface area contributed by atoms with Crippen molar-refractivity contribution in [2.75, 3.05) is 26.4 Å². The van der Waals surface area contributed by atoms with Crippen LogP contribution < -0.4 is 0 Å². The highest BCUT2D eigenvalue weighted by Gasteiger charge is 2.37. The van der Waals surface area contributed by atoms with Crippen LogP contribution in [0.5, 0.6) is 0 Å². The molecule has 4 heteroatoms. The summed E-state index contributed by atoms with van der Waals surface area (Å²) in [6, 6.07) is 30.9. The molecule has 0 aliphatic rings. The molecule has 0 bridgehead atoms. The summed E-state index contributed by atoms with van der Waals surface area (Å²) in [6.07, 6.45) is 11.6. The second-order valence-electron chi connectivity index (χ2n) is 10.0. The van der Waals surface area contributed by atoms with Gasteiger partial charge < -0.3 is 14.2 Å². The first kappa shape index (κ1) is 30.6. The molecule has 3 aromatic carbocycles. The third-order valence-electron chi connectivity index (χ3n) is 7.06. The van der Waals surface area contributed by atoms with Crippen LogP contribution in [0.2, 0.25) is 0 Å². The van der Waals surface area contributed by atoms with Crippen LogP contribution in [0.3, 0.4) is 0 Å². The molecule has 0 N–H and O–H groups in total. The van der Waals surface area contributed by atoms with Crippen molar-refractivity contribution in [3.63, 3.8) is 0 Å². The first-order valence-electron chi connectivity index (χ1n) is 14.8. The molecule has 0 atom stereocenters. The maximum atomic E-state index is 12.0. The van der Waals surface area contributed by atoms with Gasteiger partial charge in [-0.05, 0) is 23.1 Å². The number of ether oxygens (including phenoxy) is 3. The minimum atomic E-state index is -0.755. The van der Waals surface area contributed by atoms with Crippen LogP contribution in [-0.2, 0) is 24.6 Å². The molecule has 4 nitrogen and oxygen atoms in total. The van der Waals surface area contributed by atoms with Crippen LogP contribution in [0.15, 0.2) is 91.0 Å². The summed E-state index contributed by atoms with van der Waals surface area (Å²) in [4.78, 5) is 12.0. The first-order valence-corrected chi connectivity index (χ1v) is 14.8. The van der Waals surface area contributed by atoms with E-state index in [2.05, 4.69) is 43.3 Å². The number of hydrogen-bond acceptors (Lipinski definition) is 4. The Kier molecular flexibility index (Phi) is 14.4. The van der Waals surface area contributed by atoms with Gasteiger partial charge in [0.05, 0.1) is 19.8 Å². The number of esters is 1. The lowest BCUT2D eigenvalue weighted by Gasteiger charge is -2.36. The molecule has 0 heterocycles. The fourth-order valence-corrected chi connectivity index (χ4v) is 4.99. The molecule has 0 amide bonds. The monoisotopic (exact) mass is 530 g/mol. The van der Waals surface area contributed by atoms with Gasteiger partial charge in [-0.25, -0.2) is 0 Å². The zero-order valence-electron chi connectivity index (χ0n) is 23.7. The lowest BCUT2D eigenvalue weighted by Crippen LogP contribution is -2.34. The van der Waals surface area contributed by atoms with Crippen LogP contribution >= 0.6 is 0 Å². The van der Waals surface area contributed by atoms with Crippen LogP contribution in [0.1, 0.15) is 87.8 Å². The number of hydrogen-bond donors (Lipinski definition) is 0. The van der Waals surface area contributed by atoms with Gasteiger partial charge in [0.25, 0.3) is 0 Å². The van der Waals surface area contributed by atoms with Gasteiger partial charge in [0.1, 0.15) is 12.2 Å². The predicted octanol–water partition coefficient (Wildman–Crippen LogP) is 8.48. The predicted molar refractivity (Wildman–Crippen MR) is 159 cm³/mol. The molecule has 0 saturated carbocycles. The second-order valence-corrected chi connectivity index (χ2v) is 10.0. The quantitative estimate of drug-likeness (QED) is 0.0835. The molecule has 3 rings (SSSR count).